The molecule has 0 saturated carbocycles. The molecule has 1 fully saturated rings. The molecule has 4 rings (SSSR count). The lowest BCUT2D eigenvalue weighted by atomic mass is 10.1. The molecule has 0 radical (unpaired) electrons. The molecule has 8 heteroatoms. The molecule has 158 valence electrons. The van der Waals surface area contributed by atoms with E-state index in [1.54, 1.807) is 42.1 Å². The van der Waals surface area contributed by atoms with Crippen LogP contribution in [0.4, 0.5) is 5.69 Å². The van der Waals surface area contributed by atoms with Gasteiger partial charge < -0.3 is 10.2 Å². The van der Waals surface area contributed by atoms with E-state index in [0.29, 0.717) is 38.6 Å². The van der Waals surface area contributed by atoms with Gasteiger partial charge in [-0.05, 0) is 53.6 Å². The highest BCUT2D eigenvalue weighted by atomic mass is 35.5. The minimum Gasteiger partial charge on any atom is -0.322 e. The fourth-order valence-corrected chi connectivity index (χ4v) is 4.93. The maximum absolute atomic E-state index is 12.6. The molecule has 0 spiro atoms. The Balaban J connectivity index is 1.48. The molecule has 0 unspecified atom stereocenters. The molecule has 0 bridgehead atoms. The molecule has 1 aliphatic heterocycles. The first-order valence-electron chi connectivity index (χ1n) is 9.42. The summed E-state index contributed by atoms with van der Waals surface area (Å²) in [5.74, 6) is 0.222. The van der Waals surface area contributed by atoms with Crippen LogP contribution in [0.15, 0.2) is 66.7 Å². The van der Waals surface area contributed by atoms with Crippen molar-refractivity contribution in [2.24, 2.45) is 0 Å². The van der Waals surface area contributed by atoms with Crippen molar-refractivity contribution in [3.8, 4) is 0 Å². The number of nitrogens with zero attached hydrogens (tertiary/aromatic N) is 1. The van der Waals surface area contributed by atoms with Gasteiger partial charge in [0, 0.05) is 22.2 Å². The summed E-state index contributed by atoms with van der Waals surface area (Å²) in [6.07, 6.45) is 0. The molecule has 3 aromatic carbocycles. The van der Waals surface area contributed by atoms with Gasteiger partial charge in [0.1, 0.15) is 5.37 Å². The molecule has 1 heterocycles. The van der Waals surface area contributed by atoms with Gasteiger partial charge in [-0.3, -0.25) is 9.59 Å². The summed E-state index contributed by atoms with van der Waals surface area (Å²) in [6.45, 7) is 0.503. The molecule has 1 saturated heterocycles. The number of carbonyl (C=O) groups excluding carboxylic acids is 2. The maximum atomic E-state index is 12.6. The topological polar surface area (TPSA) is 49.4 Å². The number of hydrogen-bond donors (Lipinski definition) is 1. The van der Waals surface area contributed by atoms with Crippen LogP contribution in [0, 0.1) is 0 Å². The molecule has 0 aromatic heterocycles. The minimum absolute atomic E-state index is 0.0855. The van der Waals surface area contributed by atoms with Crippen LogP contribution < -0.4 is 5.32 Å². The molecule has 2 amide bonds. The van der Waals surface area contributed by atoms with E-state index in [9.17, 15) is 9.59 Å². The third kappa shape index (κ3) is 5.18. The zero-order chi connectivity index (χ0) is 22.0. The van der Waals surface area contributed by atoms with Crippen molar-refractivity contribution in [2.45, 2.75) is 11.9 Å². The van der Waals surface area contributed by atoms with Gasteiger partial charge in [0.15, 0.2) is 0 Å². The van der Waals surface area contributed by atoms with Crippen LogP contribution in [-0.2, 0) is 11.3 Å². The first kappa shape index (κ1) is 22.0. The second kappa shape index (κ2) is 9.53. The van der Waals surface area contributed by atoms with Crippen molar-refractivity contribution >= 4 is 64.1 Å². The van der Waals surface area contributed by atoms with Gasteiger partial charge in [-0.1, -0.05) is 59.1 Å². The van der Waals surface area contributed by atoms with Crippen LogP contribution in [0.5, 0.6) is 0 Å². The fraction of sp³-hybridized carbons (Fsp3) is 0.130. The SMILES string of the molecule is O=C(Nc1cc(Cl)ccc1Cl)c1ccc([C@H]2SCC(=O)N2Cc2ccc(Cl)cc2)cc1. The van der Waals surface area contributed by atoms with Crippen molar-refractivity contribution < 1.29 is 9.59 Å². The summed E-state index contributed by atoms with van der Waals surface area (Å²) >= 11 is 19.6. The number of halogens is 3. The van der Waals surface area contributed by atoms with Crippen molar-refractivity contribution in [3.05, 3.63) is 98.5 Å². The van der Waals surface area contributed by atoms with Gasteiger partial charge in [0.2, 0.25) is 5.91 Å². The Morgan fingerprint density at radius 2 is 1.65 bits per heavy atom. The molecule has 4 nitrogen and oxygen atoms in total. The molecular weight excluding hydrogens is 475 g/mol. The van der Waals surface area contributed by atoms with Crippen molar-refractivity contribution in [3.63, 3.8) is 0 Å². The highest BCUT2D eigenvalue weighted by molar-refractivity contribution is 8.00. The van der Waals surface area contributed by atoms with Gasteiger partial charge in [-0.15, -0.1) is 11.8 Å². The van der Waals surface area contributed by atoms with E-state index in [1.807, 2.05) is 41.3 Å². The van der Waals surface area contributed by atoms with Crippen LogP contribution in [-0.4, -0.2) is 22.5 Å². The van der Waals surface area contributed by atoms with Gasteiger partial charge in [0.05, 0.1) is 16.5 Å². The lowest BCUT2D eigenvalue weighted by Crippen LogP contribution is -2.27. The number of amides is 2. The van der Waals surface area contributed by atoms with Gasteiger partial charge in [0.25, 0.3) is 5.91 Å². The zero-order valence-electron chi connectivity index (χ0n) is 16.1. The Labute approximate surface area is 199 Å². The average Bonchev–Trinajstić information content (AvgIpc) is 3.12. The zero-order valence-corrected chi connectivity index (χ0v) is 19.2. The first-order valence-corrected chi connectivity index (χ1v) is 11.6. The van der Waals surface area contributed by atoms with Gasteiger partial charge in [-0.2, -0.15) is 0 Å². The lowest BCUT2D eigenvalue weighted by Gasteiger charge is -2.24. The molecule has 1 N–H and O–H groups in total. The Morgan fingerprint density at radius 1 is 0.968 bits per heavy atom. The Kier molecular flexibility index (Phi) is 6.77. The summed E-state index contributed by atoms with van der Waals surface area (Å²) in [4.78, 5) is 26.9. The van der Waals surface area contributed by atoms with E-state index in [1.165, 1.54) is 0 Å². The lowest BCUT2D eigenvalue weighted by molar-refractivity contribution is -0.128. The summed E-state index contributed by atoms with van der Waals surface area (Å²) < 4.78 is 0. The number of nitrogens with one attached hydrogen (secondary N) is 1. The van der Waals surface area contributed by atoms with Gasteiger partial charge in [-0.25, -0.2) is 0 Å². The molecule has 3 aromatic rings. The third-order valence-electron chi connectivity index (χ3n) is 4.87. The predicted molar refractivity (Wildman–Crippen MR) is 128 cm³/mol. The van der Waals surface area contributed by atoms with Crippen LogP contribution in [0.25, 0.3) is 0 Å². The van der Waals surface area contributed by atoms with E-state index in [-0.39, 0.29) is 17.2 Å². The van der Waals surface area contributed by atoms with Crippen LogP contribution in [0.1, 0.15) is 26.9 Å². The van der Waals surface area contributed by atoms with Crippen LogP contribution in [0.2, 0.25) is 15.1 Å². The van der Waals surface area contributed by atoms with Crippen molar-refractivity contribution in [1.82, 2.24) is 4.90 Å². The number of carbonyl (C=O) groups is 2. The van der Waals surface area contributed by atoms with E-state index < -0.39 is 0 Å². The normalized spacial score (nSPS) is 15.9. The summed E-state index contributed by atoms with van der Waals surface area (Å²) in [7, 11) is 0. The third-order valence-corrected chi connectivity index (χ3v) is 6.94. The monoisotopic (exact) mass is 490 g/mol. The highest BCUT2D eigenvalue weighted by Gasteiger charge is 2.32. The molecular formula is C23H17Cl3N2O2S. The highest BCUT2D eigenvalue weighted by Crippen LogP contribution is 2.39. The second-order valence-corrected chi connectivity index (χ2v) is 9.36. The molecule has 0 aliphatic carbocycles. The maximum Gasteiger partial charge on any atom is 0.255 e. The number of hydrogen-bond acceptors (Lipinski definition) is 3. The fourth-order valence-electron chi connectivity index (χ4n) is 3.27. The van der Waals surface area contributed by atoms with Crippen LogP contribution >= 0.6 is 46.6 Å². The van der Waals surface area contributed by atoms with E-state index >= 15 is 0 Å². The van der Waals surface area contributed by atoms with E-state index in [4.69, 9.17) is 34.8 Å². The molecule has 31 heavy (non-hydrogen) atoms. The quantitative estimate of drug-likeness (QED) is 0.433. The van der Waals surface area contributed by atoms with Crippen LogP contribution in [0.3, 0.4) is 0 Å². The summed E-state index contributed by atoms with van der Waals surface area (Å²) in [5, 5.41) is 4.22. The smallest absolute Gasteiger partial charge is 0.255 e. The molecule has 1 atom stereocenters. The second-order valence-electron chi connectivity index (χ2n) is 7.01. The minimum atomic E-state index is -0.288. The molecule has 1 aliphatic rings. The summed E-state index contributed by atoms with van der Waals surface area (Å²) in [5.41, 5.74) is 2.91. The predicted octanol–water partition coefficient (Wildman–Crippen LogP) is 6.67. The van der Waals surface area contributed by atoms with E-state index in [2.05, 4.69) is 5.32 Å². The largest absolute Gasteiger partial charge is 0.322 e. The van der Waals surface area contributed by atoms with Gasteiger partial charge >= 0.3 is 0 Å². The number of thioether (sulfide) groups is 1. The Morgan fingerprint density at radius 3 is 2.35 bits per heavy atom. The number of anilines is 1. The number of benzene rings is 3. The summed E-state index contributed by atoms with van der Waals surface area (Å²) in [6, 6.07) is 19.6. The Hall–Kier alpha value is -2.18. The van der Waals surface area contributed by atoms with Crippen molar-refractivity contribution in [2.75, 3.05) is 11.1 Å². The first-order chi connectivity index (χ1) is 14.9. The van der Waals surface area contributed by atoms with Crippen molar-refractivity contribution in [1.29, 1.82) is 0 Å². The average molecular weight is 492 g/mol. The standard InChI is InChI=1S/C23H17Cl3N2O2S/c24-17-7-1-14(2-8-17)12-28-21(29)13-31-23(28)16-5-3-15(4-6-16)22(30)27-20-11-18(25)9-10-19(20)26/h1-11,23H,12-13H2,(H,27,30)/t23-/m1/s1. The van der Waals surface area contributed by atoms with E-state index in [0.717, 1.165) is 11.1 Å². The number of rotatable bonds is 5. The Bertz CT molecular complexity index is 1120.